The average Bonchev–Trinajstić information content (AvgIpc) is 3.69. The highest BCUT2D eigenvalue weighted by molar-refractivity contribution is 5.84. The summed E-state index contributed by atoms with van der Waals surface area (Å²) >= 11 is 0. The number of anilines is 2. The molecule has 0 bridgehead atoms. The zero-order valence-electron chi connectivity index (χ0n) is 25.9. The molecule has 0 radical (unpaired) electrons. The van der Waals surface area contributed by atoms with Gasteiger partial charge in [0.1, 0.15) is 23.7 Å². The predicted octanol–water partition coefficient (Wildman–Crippen LogP) is 5.28. The van der Waals surface area contributed by atoms with Gasteiger partial charge in [-0.25, -0.2) is 24.9 Å². The molecule has 0 amide bonds. The Bertz CT molecular complexity index is 2100. The lowest BCUT2D eigenvalue weighted by Crippen LogP contribution is -2.45. The van der Waals surface area contributed by atoms with E-state index in [2.05, 4.69) is 70.7 Å². The van der Waals surface area contributed by atoms with Crippen molar-refractivity contribution in [3.8, 4) is 34.4 Å². The minimum absolute atomic E-state index is 0.165. The molecule has 0 aliphatic carbocycles. The molecule has 11 heteroatoms. The van der Waals surface area contributed by atoms with E-state index in [0.29, 0.717) is 17.6 Å². The second kappa shape index (κ2) is 11.9. The van der Waals surface area contributed by atoms with Gasteiger partial charge in [0, 0.05) is 49.0 Å². The zero-order chi connectivity index (χ0) is 31.8. The van der Waals surface area contributed by atoms with Crippen molar-refractivity contribution in [2.24, 2.45) is 5.41 Å². The Hall–Kier alpha value is -5.73. The van der Waals surface area contributed by atoms with E-state index in [9.17, 15) is 5.26 Å². The molecule has 2 aromatic carbocycles. The number of hydrogen-bond donors (Lipinski definition) is 1. The van der Waals surface area contributed by atoms with Crippen LogP contribution in [0.1, 0.15) is 30.7 Å². The van der Waals surface area contributed by atoms with Crippen molar-refractivity contribution in [3.63, 3.8) is 0 Å². The molecule has 2 aliphatic rings. The number of nitrogens with zero attached hydrogens (tertiary/aromatic N) is 10. The van der Waals surface area contributed by atoms with Crippen molar-refractivity contribution in [2.45, 2.75) is 25.8 Å². The highest BCUT2D eigenvalue weighted by Gasteiger charge is 2.42. The van der Waals surface area contributed by atoms with Crippen molar-refractivity contribution < 1.29 is 0 Å². The van der Waals surface area contributed by atoms with Crippen molar-refractivity contribution in [1.29, 1.82) is 5.26 Å². The van der Waals surface area contributed by atoms with Crippen LogP contribution in [0.25, 0.3) is 39.5 Å². The molecule has 2 saturated heterocycles. The molecule has 8 rings (SSSR count). The molecule has 2 N–H and O–H groups in total. The number of piperidine rings is 1. The first-order chi connectivity index (χ1) is 23.1. The fraction of sp³-hybridized carbons (Fsp3) is 0.250. The number of hydrogen-bond acceptors (Lipinski definition) is 10. The molecule has 232 valence electrons. The molecule has 11 nitrogen and oxygen atoms in total. The summed E-state index contributed by atoms with van der Waals surface area (Å²) in [5, 5.41) is 9.25. The third kappa shape index (κ3) is 5.53. The number of imidazole rings is 1. The summed E-state index contributed by atoms with van der Waals surface area (Å²) in [6.07, 6.45) is 6.52. The molecule has 6 aromatic rings. The number of aromatic nitrogens is 7. The molecule has 2 aliphatic heterocycles. The monoisotopic (exact) mass is 619 g/mol. The molecular weight excluding hydrogens is 586 g/mol. The van der Waals surface area contributed by atoms with Gasteiger partial charge in [0.2, 0.25) is 11.8 Å². The summed E-state index contributed by atoms with van der Waals surface area (Å²) in [4.78, 5) is 31.9. The van der Waals surface area contributed by atoms with E-state index in [-0.39, 0.29) is 11.2 Å². The Labute approximate surface area is 272 Å². The van der Waals surface area contributed by atoms with Gasteiger partial charge < -0.3 is 10.6 Å². The fourth-order valence-corrected chi connectivity index (χ4v) is 7.14. The van der Waals surface area contributed by atoms with E-state index in [0.717, 1.165) is 79.2 Å². The van der Waals surface area contributed by atoms with Gasteiger partial charge in [-0.1, -0.05) is 42.5 Å². The topological polar surface area (TPSA) is 139 Å². The lowest BCUT2D eigenvalue weighted by molar-refractivity contribution is 0.215. The van der Waals surface area contributed by atoms with Gasteiger partial charge in [-0.2, -0.15) is 10.2 Å². The number of benzene rings is 2. The molecule has 0 saturated carbocycles. The number of nitriles is 1. The van der Waals surface area contributed by atoms with Crippen LogP contribution < -0.4 is 10.6 Å². The van der Waals surface area contributed by atoms with Gasteiger partial charge in [-0.3, -0.25) is 9.47 Å². The maximum Gasteiger partial charge on any atom is 0.236 e. The van der Waals surface area contributed by atoms with E-state index in [4.69, 9.17) is 15.7 Å². The van der Waals surface area contributed by atoms with Gasteiger partial charge in [-0.15, -0.1) is 0 Å². The molecule has 1 atom stereocenters. The molecular formula is C36H33N11. The van der Waals surface area contributed by atoms with Crippen LogP contribution in [0.2, 0.25) is 0 Å². The van der Waals surface area contributed by atoms with Crippen molar-refractivity contribution >= 4 is 22.9 Å². The van der Waals surface area contributed by atoms with Gasteiger partial charge in [0.15, 0.2) is 11.5 Å². The molecule has 1 unspecified atom stereocenters. The Balaban J connectivity index is 1.06. The summed E-state index contributed by atoms with van der Waals surface area (Å²) in [6.45, 7) is 4.72. The third-order valence-corrected chi connectivity index (χ3v) is 9.37. The van der Waals surface area contributed by atoms with Crippen molar-refractivity contribution in [3.05, 3.63) is 103 Å². The van der Waals surface area contributed by atoms with Crippen molar-refractivity contribution in [2.75, 3.05) is 36.8 Å². The summed E-state index contributed by atoms with van der Waals surface area (Å²) in [7, 11) is 0. The first-order valence-electron chi connectivity index (χ1n) is 15.9. The minimum atomic E-state index is 0.165. The lowest BCUT2D eigenvalue weighted by atomic mass is 9.79. The van der Waals surface area contributed by atoms with Gasteiger partial charge >= 0.3 is 0 Å². The number of pyridine rings is 2. The average molecular weight is 620 g/mol. The Morgan fingerprint density at radius 3 is 2.53 bits per heavy atom. The summed E-state index contributed by atoms with van der Waals surface area (Å²) < 4.78 is 2.08. The van der Waals surface area contributed by atoms with E-state index in [1.54, 1.807) is 6.20 Å². The summed E-state index contributed by atoms with van der Waals surface area (Å²) in [5.74, 6) is 1.90. The third-order valence-electron chi connectivity index (χ3n) is 9.37. The number of nitrogens with two attached hydrogens (primary N) is 1. The van der Waals surface area contributed by atoms with E-state index < -0.39 is 0 Å². The highest BCUT2D eigenvalue weighted by atomic mass is 15.3. The van der Waals surface area contributed by atoms with Crippen LogP contribution in [0.15, 0.2) is 91.4 Å². The zero-order valence-corrected chi connectivity index (χ0v) is 25.9. The van der Waals surface area contributed by atoms with Crippen LogP contribution >= 0.6 is 0 Å². The normalized spacial score (nSPS) is 18.1. The van der Waals surface area contributed by atoms with Gasteiger partial charge in [-0.05, 0) is 67.8 Å². The Morgan fingerprint density at radius 1 is 0.830 bits per heavy atom. The van der Waals surface area contributed by atoms with Crippen LogP contribution in [-0.2, 0) is 6.54 Å². The molecule has 2 fully saturated rings. The molecule has 1 spiro atoms. The minimum Gasteiger partial charge on any atom is -0.383 e. The van der Waals surface area contributed by atoms with Gasteiger partial charge in [0.05, 0.1) is 11.3 Å². The fourth-order valence-electron chi connectivity index (χ4n) is 7.14. The first kappa shape index (κ1) is 28.7. The number of nitrogen functional groups attached to an aromatic ring is 1. The van der Waals surface area contributed by atoms with Crippen LogP contribution in [0.3, 0.4) is 0 Å². The number of rotatable bonds is 6. The smallest absolute Gasteiger partial charge is 0.236 e. The van der Waals surface area contributed by atoms with Crippen LogP contribution in [0, 0.1) is 16.7 Å². The maximum atomic E-state index is 9.25. The Kier molecular flexibility index (Phi) is 7.27. The van der Waals surface area contributed by atoms with Crippen LogP contribution in [0.5, 0.6) is 0 Å². The molecule has 47 heavy (non-hydrogen) atoms. The number of likely N-dealkylation sites (tertiary alicyclic amines) is 1. The predicted molar refractivity (Wildman–Crippen MR) is 180 cm³/mol. The van der Waals surface area contributed by atoms with Crippen LogP contribution in [0.4, 0.5) is 11.8 Å². The second-order valence-corrected chi connectivity index (χ2v) is 12.5. The van der Waals surface area contributed by atoms with Crippen LogP contribution in [-0.4, -0.2) is 65.5 Å². The first-order valence-corrected chi connectivity index (χ1v) is 15.9. The van der Waals surface area contributed by atoms with E-state index >= 15 is 0 Å². The standard InChI is InChI=1S/C36H33N11/c37-20-31-40-24-41-35(44-31)46-18-5-15-36(23-46)16-19-45(22-36)21-25-9-11-27(12-10-25)47-33(28-8-4-17-39-32(28)38)43-30-14-13-29(42-34(30)47)26-6-2-1-3-7-26/h1-4,6-14,17,24H,5,15-16,18-19,21-23H2,(H2,38,39). The van der Waals surface area contributed by atoms with E-state index in [1.165, 1.54) is 18.3 Å². The highest BCUT2D eigenvalue weighted by Crippen LogP contribution is 2.40. The summed E-state index contributed by atoms with van der Waals surface area (Å²) in [6, 6.07) is 28.8. The Morgan fingerprint density at radius 2 is 1.70 bits per heavy atom. The van der Waals surface area contributed by atoms with Crippen molar-refractivity contribution in [1.82, 2.24) is 39.4 Å². The van der Waals surface area contributed by atoms with E-state index in [1.807, 2.05) is 48.5 Å². The van der Waals surface area contributed by atoms with Gasteiger partial charge in [0.25, 0.3) is 0 Å². The lowest BCUT2D eigenvalue weighted by Gasteiger charge is -2.40. The quantitative estimate of drug-likeness (QED) is 0.262. The molecule has 6 heterocycles. The SMILES string of the molecule is N#Cc1ncnc(N2CCCC3(CCN(Cc4ccc(-n5c(-c6cccnc6N)nc6ccc(-c7ccccc7)nc65)cc4)C3)C2)n1. The second-order valence-electron chi connectivity index (χ2n) is 12.5. The number of fused-ring (bicyclic) bond motifs is 1. The maximum absolute atomic E-state index is 9.25. The summed E-state index contributed by atoms with van der Waals surface area (Å²) in [5.41, 5.74) is 13.0. The molecule has 4 aromatic heterocycles. The largest absolute Gasteiger partial charge is 0.383 e.